The quantitative estimate of drug-likeness (QED) is 0.279. The Labute approximate surface area is 211 Å². The van der Waals surface area contributed by atoms with E-state index in [4.69, 9.17) is 9.47 Å². The number of benzene rings is 3. The van der Waals surface area contributed by atoms with Crippen molar-refractivity contribution < 1.29 is 34.7 Å². The highest BCUT2D eigenvalue weighted by Crippen LogP contribution is 2.27. The largest absolute Gasteiger partial charge is 0.497 e. The molecule has 0 saturated heterocycles. The van der Waals surface area contributed by atoms with Crippen molar-refractivity contribution in [3.05, 3.63) is 76.4 Å². The van der Waals surface area contributed by atoms with E-state index in [0.717, 1.165) is 27.8 Å². The van der Waals surface area contributed by atoms with Crippen LogP contribution in [-0.4, -0.2) is 43.3 Å². The summed E-state index contributed by atoms with van der Waals surface area (Å²) in [4.78, 5) is 0.450. The van der Waals surface area contributed by atoms with Crippen LogP contribution in [0.25, 0.3) is 0 Å². The lowest BCUT2D eigenvalue weighted by Gasteiger charge is -2.22. The Morgan fingerprint density at radius 1 is 0.618 bits per heavy atom. The molecule has 0 amide bonds. The highest BCUT2D eigenvalue weighted by atomic mass is 127. The van der Waals surface area contributed by atoms with E-state index in [1.54, 1.807) is 4.83 Å². The number of ether oxygens (including phenoxy) is 2. The highest BCUT2D eigenvalue weighted by Gasteiger charge is 2.40. The van der Waals surface area contributed by atoms with Gasteiger partial charge in [-0.25, -0.2) is 25.3 Å². The number of methoxy groups -OCH3 is 2. The molecular formula is C20H19IN2O8S3. The van der Waals surface area contributed by atoms with Gasteiger partial charge in [0.15, 0.2) is 0 Å². The Morgan fingerprint density at radius 2 is 0.971 bits per heavy atom. The van der Waals surface area contributed by atoms with Crippen LogP contribution in [0, 0.1) is 3.57 Å². The van der Waals surface area contributed by atoms with Gasteiger partial charge in [-0.2, -0.15) is 0 Å². The first-order valence-electron chi connectivity index (χ1n) is 9.28. The van der Waals surface area contributed by atoms with Gasteiger partial charge >= 0.3 is 0 Å². The molecule has 34 heavy (non-hydrogen) atoms. The van der Waals surface area contributed by atoms with Crippen LogP contribution in [0.15, 0.2) is 87.5 Å². The van der Waals surface area contributed by atoms with Crippen molar-refractivity contribution in [2.75, 3.05) is 14.2 Å². The minimum atomic E-state index is -4.93. The molecule has 0 atom stereocenters. The third-order valence-electron chi connectivity index (χ3n) is 4.47. The number of sulfonamides is 3. The third kappa shape index (κ3) is 5.52. The fraction of sp³-hybridized carbons (Fsp3) is 0.100. The molecule has 3 rings (SSSR count). The molecule has 0 radical (unpaired) electrons. The van der Waals surface area contributed by atoms with Gasteiger partial charge in [0.1, 0.15) is 11.5 Å². The number of hydrazine groups is 1. The molecule has 0 unspecified atom stereocenters. The Balaban J connectivity index is 2.16. The fourth-order valence-corrected chi connectivity index (χ4v) is 8.10. The second kappa shape index (κ2) is 10.2. The van der Waals surface area contributed by atoms with Crippen LogP contribution in [0.1, 0.15) is 0 Å². The van der Waals surface area contributed by atoms with E-state index in [1.807, 2.05) is 22.6 Å². The summed E-state index contributed by atoms with van der Waals surface area (Å²) in [7, 11) is -11.7. The highest BCUT2D eigenvalue weighted by molar-refractivity contribution is 14.1. The molecule has 0 heterocycles. The predicted octanol–water partition coefficient (Wildman–Crippen LogP) is 2.58. The lowest BCUT2D eigenvalue weighted by molar-refractivity contribution is 0.414. The topological polar surface area (TPSA) is 136 Å². The fourth-order valence-electron chi connectivity index (χ4n) is 2.68. The van der Waals surface area contributed by atoms with E-state index >= 15 is 0 Å². The van der Waals surface area contributed by atoms with Gasteiger partial charge < -0.3 is 9.47 Å². The first-order valence-corrected chi connectivity index (χ1v) is 14.7. The van der Waals surface area contributed by atoms with E-state index in [2.05, 4.69) is 0 Å². The molecule has 0 aromatic heterocycles. The summed E-state index contributed by atoms with van der Waals surface area (Å²) >= 11 is 1.96. The number of hydrogen-bond donors (Lipinski definition) is 1. The van der Waals surface area contributed by atoms with Crippen LogP contribution in [0.2, 0.25) is 0 Å². The number of hydrogen-bond acceptors (Lipinski definition) is 8. The van der Waals surface area contributed by atoms with Crippen molar-refractivity contribution >= 4 is 52.7 Å². The molecule has 3 aromatic carbocycles. The van der Waals surface area contributed by atoms with Gasteiger partial charge in [0.2, 0.25) is 0 Å². The Morgan fingerprint density at radius 3 is 1.32 bits per heavy atom. The maximum atomic E-state index is 13.4. The van der Waals surface area contributed by atoms with Crippen molar-refractivity contribution in [3.8, 4) is 11.5 Å². The van der Waals surface area contributed by atoms with Crippen molar-refractivity contribution in [2.45, 2.75) is 14.7 Å². The molecule has 182 valence electrons. The second-order valence-electron chi connectivity index (χ2n) is 6.61. The van der Waals surface area contributed by atoms with Crippen LogP contribution in [-0.2, 0) is 30.1 Å². The molecule has 14 heteroatoms. The molecule has 0 bridgehead atoms. The van der Waals surface area contributed by atoms with Gasteiger partial charge in [-0.15, -0.1) is 4.83 Å². The van der Waals surface area contributed by atoms with Crippen LogP contribution < -0.4 is 14.3 Å². The van der Waals surface area contributed by atoms with Gasteiger partial charge in [0.05, 0.1) is 28.9 Å². The Hall–Kier alpha value is -2.24. The van der Waals surface area contributed by atoms with E-state index in [1.165, 1.54) is 62.8 Å². The number of nitrogens with zero attached hydrogens (tertiary/aromatic N) is 1. The average Bonchev–Trinajstić information content (AvgIpc) is 2.82. The van der Waals surface area contributed by atoms with Crippen molar-refractivity contribution in [3.63, 3.8) is 0 Å². The molecule has 10 nitrogen and oxygen atoms in total. The number of rotatable bonds is 9. The number of nitrogens with one attached hydrogen (secondary N) is 1. The predicted molar refractivity (Wildman–Crippen MR) is 132 cm³/mol. The smallest absolute Gasteiger partial charge is 0.270 e. The minimum Gasteiger partial charge on any atom is -0.497 e. The van der Waals surface area contributed by atoms with Crippen molar-refractivity contribution in [1.82, 2.24) is 8.65 Å². The standard InChI is InChI=1S/C20H19IN2O8S3/c1-30-16-5-11-19(12-6-16)33(26,27)23(22-32(24,25)18-9-3-15(21)4-10-18)34(28,29)20-13-7-17(31-2)8-14-20/h3-14,22H,1-2H3. The van der Waals surface area contributed by atoms with Crippen LogP contribution in [0.4, 0.5) is 0 Å². The second-order valence-corrected chi connectivity index (χ2v) is 13.3. The zero-order valence-corrected chi connectivity index (χ0v) is 22.4. The molecule has 0 spiro atoms. The first kappa shape index (κ1) is 26.4. The van der Waals surface area contributed by atoms with Gasteiger partial charge in [-0.1, -0.05) is 0 Å². The Bertz CT molecular complexity index is 1400. The van der Waals surface area contributed by atoms with Crippen molar-refractivity contribution in [2.24, 2.45) is 0 Å². The van der Waals surface area contributed by atoms with Crippen LogP contribution in [0.5, 0.6) is 11.5 Å². The molecule has 0 aliphatic carbocycles. The summed E-state index contributed by atoms with van der Waals surface area (Å²) in [6.07, 6.45) is 0. The maximum Gasteiger partial charge on any atom is 0.270 e. The van der Waals surface area contributed by atoms with Gasteiger partial charge in [0, 0.05) is 3.57 Å². The molecule has 0 aliphatic heterocycles. The zero-order valence-electron chi connectivity index (χ0n) is 17.7. The zero-order chi connectivity index (χ0) is 25.1. The normalized spacial score (nSPS) is 12.5. The summed E-state index contributed by atoms with van der Waals surface area (Å²) in [5.41, 5.74) is 0. The summed E-state index contributed by atoms with van der Waals surface area (Å²) in [6, 6.07) is 15.0. The lowest BCUT2D eigenvalue weighted by Crippen LogP contribution is -2.49. The molecular weight excluding hydrogens is 619 g/mol. The molecule has 3 aromatic rings. The summed E-state index contributed by atoms with van der Waals surface area (Å²) in [5, 5.41) is 0. The van der Waals surface area contributed by atoms with Crippen molar-refractivity contribution in [1.29, 1.82) is 0 Å². The lowest BCUT2D eigenvalue weighted by atomic mass is 10.3. The molecule has 0 aliphatic rings. The summed E-state index contributed by atoms with van der Waals surface area (Å²) in [5.74, 6) is 0.644. The van der Waals surface area contributed by atoms with E-state index < -0.39 is 39.9 Å². The maximum absolute atomic E-state index is 13.4. The first-order chi connectivity index (χ1) is 15.9. The third-order valence-corrected chi connectivity index (χ3v) is 10.7. The van der Waals surface area contributed by atoms with Gasteiger partial charge in [-0.3, -0.25) is 0 Å². The summed E-state index contributed by atoms with van der Waals surface area (Å²) in [6.45, 7) is 0. The average molecular weight is 638 g/mol. The van der Waals surface area contributed by atoms with Gasteiger partial charge in [0.25, 0.3) is 30.1 Å². The minimum absolute atomic E-state index is 0.253. The van der Waals surface area contributed by atoms with E-state index in [-0.39, 0.29) is 8.72 Å². The monoisotopic (exact) mass is 638 g/mol. The molecule has 1 N–H and O–H groups in total. The van der Waals surface area contributed by atoms with Gasteiger partial charge in [-0.05, 0) is 99.2 Å². The van der Waals surface area contributed by atoms with E-state index in [0.29, 0.717) is 11.5 Å². The molecule has 0 saturated carbocycles. The summed E-state index contributed by atoms with van der Waals surface area (Å²) < 4.78 is 90.0. The molecule has 0 fully saturated rings. The SMILES string of the molecule is COc1ccc(S(=O)(=O)N(NS(=O)(=O)c2ccc(I)cc2)S(=O)(=O)c2ccc(OC)cc2)cc1. The van der Waals surface area contributed by atoms with Crippen LogP contribution >= 0.6 is 22.6 Å². The van der Waals surface area contributed by atoms with Crippen LogP contribution in [0.3, 0.4) is 0 Å². The Kier molecular flexibility index (Phi) is 7.89. The number of halogens is 1. The van der Waals surface area contributed by atoms with E-state index in [9.17, 15) is 25.3 Å².